The van der Waals surface area contributed by atoms with Crippen LogP contribution in [-0.2, 0) is 11.3 Å². The van der Waals surface area contributed by atoms with E-state index in [4.69, 9.17) is 14.3 Å². The van der Waals surface area contributed by atoms with Crippen molar-refractivity contribution in [1.82, 2.24) is 9.88 Å². The normalized spacial score (nSPS) is 18.0. The number of nitrogens with zero attached hydrogens (tertiary/aromatic N) is 2. The Morgan fingerprint density at radius 2 is 2.17 bits per heavy atom. The maximum atomic E-state index is 11.1. The van der Waals surface area contributed by atoms with Crippen LogP contribution in [0.15, 0.2) is 34.9 Å². The van der Waals surface area contributed by atoms with Gasteiger partial charge >= 0.3 is 5.97 Å². The maximum Gasteiger partial charge on any atom is 0.307 e. The Balaban J connectivity index is 0.00000208. The number of ether oxygens (including phenoxy) is 1. The van der Waals surface area contributed by atoms with Crippen molar-refractivity contribution >= 4 is 18.4 Å². The largest absolute Gasteiger partial charge is 0.497 e. The standard InChI is InChI=1S/C17H20N2O4.ClH/c1-22-14-6-4-12(5-7-14)15-9-18-16(23-15)11-19-8-2-3-13(10-19)17(20)21;/h4-7,9,13H,2-3,8,10-11H2,1H3,(H,20,21);1H. The Morgan fingerprint density at radius 1 is 1.42 bits per heavy atom. The van der Waals surface area contributed by atoms with Gasteiger partial charge in [0.25, 0.3) is 0 Å². The summed E-state index contributed by atoms with van der Waals surface area (Å²) in [5.74, 6) is 1.10. The van der Waals surface area contributed by atoms with Crippen LogP contribution in [0.1, 0.15) is 18.7 Å². The molecule has 3 rings (SSSR count). The number of benzene rings is 1. The number of hydrogen-bond donors (Lipinski definition) is 1. The molecule has 1 aliphatic rings. The number of aliphatic carboxylic acids is 1. The molecule has 0 bridgehead atoms. The summed E-state index contributed by atoms with van der Waals surface area (Å²) in [5.41, 5.74) is 0.937. The molecule has 1 saturated heterocycles. The van der Waals surface area contributed by atoms with Crippen LogP contribution in [0.4, 0.5) is 0 Å². The van der Waals surface area contributed by atoms with E-state index in [-0.39, 0.29) is 18.3 Å². The number of hydrogen-bond acceptors (Lipinski definition) is 5. The monoisotopic (exact) mass is 352 g/mol. The molecule has 0 saturated carbocycles. The van der Waals surface area contributed by atoms with E-state index in [1.54, 1.807) is 13.3 Å². The van der Waals surface area contributed by atoms with Crippen molar-refractivity contribution in [1.29, 1.82) is 0 Å². The van der Waals surface area contributed by atoms with Gasteiger partial charge in [-0.25, -0.2) is 4.98 Å². The van der Waals surface area contributed by atoms with E-state index < -0.39 is 5.97 Å². The quantitative estimate of drug-likeness (QED) is 0.891. The van der Waals surface area contributed by atoms with Crippen LogP contribution in [0.5, 0.6) is 5.75 Å². The fraction of sp³-hybridized carbons (Fsp3) is 0.412. The highest BCUT2D eigenvalue weighted by atomic mass is 35.5. The number of methoxy groups -OCH3 is 1. The predicted molar refractivity (Wildman–Crippen MR) is 91.4 cm³/mol. The molecule has 1 aromatic carbocycles. The van der Waals surface area contributed by atoms with Crippen molar-refractivity contribution in [2.24, 2.45) is 5.92 Å². The highest BCUT2D eigenvalue weighted by Gasteiger charge is 2.26. The zero-order valence-electron chi connectivity index (χ0n) is 13.5. The number of carboxylic acids is 1. The number of carbonyl (C=O) groups is 1. The van der Waals surface area contributed by atoms with Crippen LogP contribution >= 0.6 is 12.4 Å². The first kappa shape index (κ1) is 18.3. The van der Waals surface area contributed by atoms with Crippen molar-refractivity contribution in [3.63, 3.8) is 0 Å². The molecule has 0 spiro atoms. The van der Waals surface area contributed by atoms with Crippen LogP contribution in [0.2, 0.25) is 0 Å². The van der Waals surface area contributed by atoms with Crippen LogP contribution in [0, 0.1) is 5.92 Å². The first-order valence-corrected chi connectivity index (χ1v) is 7.70. The minimum atomic E-state index is -0.721. The lowest BCUT2D eigenvalue weighted by Gasteiger charge is -2.29. The summed E-state index contributed by atoms with van der Waals surface area (Å²) in [6, 6.07) is 7.59. The van der Waals surface area contributed by atoms with Gasteiger partial charge in [0, 0.05) is 12.1 Å². The zero-order chi connectivity index (χ0) is 16.2. The number of halogens is 1. The van der Waals surface area contributed by atoms with Gasteiger partial charge in [-0.15, -0.1) is 12.4 Å². The fourth-order valence-electron chi connectivity index (χ4n) is 2.86. The molecule has 130 valence electrons. The molecular weight excluding hydrogens is 332 g/mol. The third-order valence-electron chi connectivity index (χ3n) is 4.14. The van der Waals surface area contributed by atoms with Gasteiger partial charge in [0.2, 0.25) is 5.89 Å². The number of piperidine rings is 1. The Labute approximate surface area is 146 Å². The summed E-state index contributed by atoms with van der Waals surface area (Å²) in [5, 5.41) is 9.14. The van der Waals surface area contributed by atoms with Crippen LogP contribution in [-0.4, -0.2) is 41.2 Å². The lowest BCUT2D eigenvalue weighted by atomic mass is 9.98. The van der Waals surface area contributed by atoms with Gasteiger partial charge in [0.05, 0.1) is 25.8 Å². The summed E-state index contributed by atoms with van der Waals surface area (Å²) < 4.78 is 10.9. The molecule has 2 aromatic rings. The smallest absolute Gasteiger partial charge is 0.307 e. The molecule has 1 N–H and O–H groups in total. The van der Waals surface area contributed by atoms with Gasteiger partial charge < -0.3 is 14.3 Å². The third-order valence-corrected chi connectivity index (χ3v) is 4.14. The van der Waals surface area contributed by atoms with E-state index in [0.717, 1.165) is 30.7 Å². The highest BCUT2D eigenvalue weighted by molar-refractivity contribution is 5.85. The van der Waals surface area contributed by atoms with Gasteiger partial charge in [0.1, 0.15) is 5.75 Å². The van der Waals surface area contributed by atoms with Gasteiger partial charge in [-0.1, -0.05) is 0 Å². The van der Waals surface area contributed by atoms with Crippen molar-refractivity contribution in [3.05, 3.63) is 36.4 Å². The summed E-state index contributed by atoms with van der Waals surface area (Å²) in [4.78, 5) is 17.5. The zero-order valence-corrected chi connectivity index (χ0v) is 14.3. The number of carboxylic acid groups (broad SMARTS) is 1. The molecule has 1 aromatic heterocycles. The van der Waals surface area contributed by atoms with Gasteiger partial charge in [-0.3, -0.25) is 9.69 Å². The van der Waals surface area contributed by atoms with E-state index in [1.165, 1.54) is 0 Å². The summed E-state index contributed by atoms with van der Waals surface area (Å²) in [6.07, 6.45) is 3.34. The second kappa shape index (κ2) is 8.17. The lowest BCUT2D eigenvalue weighted by molar-refractivity contribution is -0.143. The van der Waals surface area contributed by atoms with E-state index in [2.05, 4.69) is 9.88 Å². The van der Waals surface area contributed by atoms with E-state index in [1.807, 2.05) is 24.3 Å². The topological polar surface area (TPSA) is 75.8 Å². The fourth-order valence-corrected chi connectivity index (χ4v) is 2.86. The summed E-state index contributed by atoms with van der Waals surface area (Å²) in [6.45, 7) is 1.97. The van der Waals surface area contributed by atoms with Crippen molar-refractivity contribution in [2.45, 2.75) is 19.4 Å². The first-order valence-electron chi connectivity index (χ1n) is 7.70. The van der Waals surface area contributed by atoms with Crippen LogP contribution in [0.25, 0.3) is 11.3 Å². The Bertz CT molecular complexity index is 671. The minimum absolute atomic E-state index is 0. The molecular formula is C17H21ClN2O4. The van der Waals surface area contributed by atoms with Crippen LogP contribution in [0.3, 0.4) is 0 Å². The number of rotatable bonds is 5. The second-order valence-electron chi connectivity index (χ2n) is 5.76. The molecule has 6 nitrogen and oxygen atoms in total. The van der Waals surface area contributed by atoms with Crippen LogP contribution < -0.4 is 4.74 Å². The Hall–Kier alpha value is -2.05. The minimum Gasteiger partial charge on any atom is -0.497 e. The maximum absolute atomic E-state index is 11.1. The van der Waals surface area contributed by atoms with Gasteiger partial charge in [-0.2, -0.15) is 0 Å². The molecule has 1 unspecified atom stereocenters. The number of oxazole rings is 1. The number of aromatic nitrogens is 1. The molecule has 2 heterocycles. The molecule has 7 heteroatoms. The summed E-state index contributed by atoms with van der Waals surface area (Å²) >= 11 is 0. The molecule has 0 radical (unpaired) electrons. The molecule has 0 aliphatic carbocycles. The Morgan fingerprint density at radius 3 is 2.83 bits per heavy atom. The Kier molecular flexibility index (Phi) is 6.23. The average Bonchev–Trinajstić information content (AvgIpc) is 3.03. The van der Waals surface area contributed by atoms with E-state index in [0.29, 0.717) is 24.7 Å². The van der Waals surface area contributed by atoms with E-state index >= 15 is 0 Å². The predicted octanol–water partition coefficient (Wildman–Crippen LogP) is 3.07. The summed E-state index contributed by atoms with van der Waals surface area (Å²) in [7, 11) is 1.63. The van der Waals surface area contributed by atoms with Gasteiger partial charge in [-0.05, 0) is 43.7 Å². The molecule has 1 fully saturated rings. The molecule has 0 amide bonds. The molecule has 24 heavy (non-hydrogen) atoms. The third kappa shape index (κ3) is 4.27. The first-order chi connectivity index (χ1) is 11.2. The van der Waals surface area contributed by atoms with E-state index in [9.17, 15) is 4.79 Å². The van der Waals surface area contributed by atoms with Crippen molar-refractivity contribution in [3.8, 4) is 17.1 Å². The number of likely N-dealkylation sites (tertiary alicyclic amines) is 1. The van der Waals surface area contributed by atoms with Gasteiger partial charge in [0.15, 0.2) is 5.76 Å². The second-order valence-corrected chi connectivity index (χ2v) is 5.76. The average molecular weight is 353 g/mol. The lowest BCUT2D eigenvalue weighted by Crippen LogP contribution is -2.38. The molecule has 1 aliphatic heterocycles. The highest BCUT2D eigenvalue weighted by Crippen LogP contribution is 2.24. The SMILES string of the molecule is COc1ccc(-c2cnc(CN3CCCC(C(=O)O)C3)o2)cc1.Cl. The van der Waals surface area contributed by atoms with Crippen molar-refractivity contribution in [2.75, 3.05) is 20.2 Å². The molecule has 1 atom stereocenters. The van der Waals surface area contributed by atoms with Crippen molar-refractivity contribution < 1.29 is 19.1 Å².